The molecule has 5 aromatic rings. The highest BCUT2D eigenvalue weighted by molar-refractivity contribution is 9.10. The summed E-state index contributed by atoms with van der Waals surface area (Å²) in [5.74, 6) is 1.33. The van der Waals surface area contributed by atoms with E-state index in [1.807, 2.05) is 0 Å². The second-order valence-corrected chi connectivity index (χ2v) is 11.3. The minimum Gasteiger partial charge on any atom is -0.497 e. The van der Waals surface area contributed by atoms with Crippen LogP contribution in [0.2, 0.25) is 0 Å². The number of ether oxygens (including phenoxy) is 2. The predicted molar refractivity (Wildman–Crippen MR) is 152 cm³/mol. The van der Waals surface area contributed by atoms with Crippen molar-refractivity contribution in [2.75, 3.05) is 18.5 Å². The van der Waals surface area contributed by atoms with Crippen molar-refractivity contribution in [2.24, 2.45) is 0 Å². The largest absolute Gasteiger partial charge is 0.497 e. The van der Waals surface area contributed by atoms with Crippen LogP contribution in [0.4, 0.5) is 5.82 Å². The number of fused-ring (bicyclic) bond motifs is 1. The van der Waals surface area contributed by atoms with Crippen molar-refractivity contribution in [3.63, 3.8) is 0 Å². The Labute approximate surface area is 233 Å². The van der Waals surface area contributed by atoms with Crippen LogP contribution in [0.25, 0.3) is 16.6 Å². The van der Waals surface area contributed by atoms with Gasteiger partial charge in [0.1, 0.15) is 11.5 Å². The van der Waals surface area contributed by atoms with E-state index in [1.54, 1.807) is 79.9 Å². The van der Waals surface area contributed by atoms with Crippen molar-refractivity contribution >= 4 is 42.7 Å². The van der Waals surface area contributed by atoms with E-state index in [2.05, 4.69) is 26.1 Å². The fraction of sp³-hybridized carbons (Fsp3) is 0.107. The van der Waals surface area contributed by atoms with Gasteiger partial charge in [0.25, 0.3) is 15.6 Å². The van der Waals surface area contributed by atoms with Crippen LogP contribution in [-0.4, -0.2) is 37.4 Å². The normalized spacial score (nSPS) is 11.4. The lowest BCUT2D eigenvalue weighted by molar-refractivity contribution is 0.412. The van der Waals surface area contributed by atoms with Crippen LogP contribution in [0.3, 0.4) is 0 Å². The van der Waals surface area contributed by atoms with E-state index < -0.39 is 10.0 Å². The summed E-state index contributed by atoms with van der Waals surface area (Å²) in [6, 6.07) is 23.3. The Balaban J connectivity index is 1.62. The summed E-state index contributed by atoms with van der Waals surface area (Å²) in [4.78, 5) is 13.0. The number of hydrogen-bond donors (Lipinski definition) is 0. The van der Waals surface area contributed by atoms with Gasteiger partial charge < -0.3 is 9.47 Å². The zero-order chi connectivity index (χ0) is 27.6. The Morgan fingerprint density at radius 3 is 2.41 bits per heavy atom. The van der Waals surface area contributed by atoms with E-state index in [1.165, 1.54) is 34.3 Å². The van der Waals surface area contributed by atoms with Crippen molar-refractivity contribution < 1.29 is 17.9 Å². The van der Waals surface area contributed by atoms with Gasteiger partial charge in [0.15, 0.2) is 5.82 Å². The van der Waals surface area contributed by atoms with E-state index >= 15 is 0 Å². The number of hydrogen-bond acceptors (Lipinski definition) is 7. The van der Waals surface area contributed by atoms with Gasteiger partial charge in [-0.2, -0.15) is 5.10 Å². The standard InChI is InChI=1S/C28H23BrN4O5S/c1-37-22-9-5-19(6-10-22)18-32(27-4-3-15-30-31-27)39(35,36)23-11-13-24-20(16-23)7-14-28(34)33(24)25-12-8-21(29)17-26(25)38-2/h3-17H,18H2,1-2H3. The number of aromatic nitrogens is 3. The van der Waals surface area contributed by atoms with Crippen LogP contribution in [0.15, 0.2) is 105 Å². The van der Waals surface area contributed by atoms with E-state index in [4.69, 9.17) is 9.47 Å². The monoisotopic (exact) mass is 606 g/mol. The predicted octanol–water partition coefficient (Wildman–Crippen LogP) is 4.96. The second kappa shape index (κ2) is 10.9. The lowest BCUT2D eigenvalue weighted by atomic mass is 10.2. The third kappa shape index (κ3) is 5.23. The first-order valence-electron chi connectivity index (χ1n) is 11.7. The first-order valence-corrected chi connectivity index (χ1v) is 14.0. The van der Waals surface area contributed by atoms with E-state index in [0.717, 1.165) is 10.0 Å². The first kappa shape index (κ1) is 26.4. The smallest absolute Gasteiger partial charge is 0.265 e. The molecule has 0 bridgehead atoms. The van der Waals surface area contributed by atoms with Crippen LogP contribution in [0.5, 0.6) is 11.5 Å². The van der Waals surface area contributed by atoms with E-state index in [0.29, 0.717) is 28.1 Å². The van der Waals surface area contributed by atoms with Gasteiger partial charge in [-0.05, 0) is 72.3 Å². The van der Waals surface area contributed by atoms with Crippen LogP contribution >= 0.6 is 15.9 Å². The van der Waals surface area contributed by atoms with Crippen LogP contribution in [0.1, 0.15) is 5.56 Å². The number of pyridine rings is 1. The summed E-state index contributed by atoms with van der Waals surface area (Å²) >= 11 is 3.42. The van der Waals surface area contributed by atoms with E-state index in [-0.39, 0.29) is 22.8 Å². The molecule has 0 amide bonds. The molecule has 0 unspecified atom stereocenters. The zero-order valence-corrected chi connectivity index (χ0v) is 23.4. The lowest BCUT2D eigenvalue weighted by Gasteiger charge is -2.23. The molecule has 11 heteroatoms. The number of nitrogens with zero attached hydrogens (tertiary/aromatic N) is 4. The molecule has 0 spiro atoms. The van der Waals surface area contributed by atoms with Crippen molar-refractivity contribution in [1.29, 1.82) is 0 Å². The van der Waals surface area contributed by atoms with Crippen LogP contribution in [0, 0.1) is 0 Å². The first-order chi connectivity index (χ1) is 18.8. The molecule has 0 fully saturated rings. The molecule has 0 saturated heterocycles. The van der Waals surface area contributed by atoms with Crippen molar-refractivity contribution in [3.8, 4) is 17.2 Å². The van der Waals surface area contributed by atoms with Gasteiger partial charge in [0, 0.05) is 22.1 Å². The Kier molecular flexibility index (Phi) is 7.36. The van der Waals surface area contributed by atoms with Gasteiger partial charge in [-0.1, -0.05) is 28.1 Å². The molecule has 0 saturated carbocycles. The molecular formula is C28H23BrN4O5S. The van der Waals surface area contributed by atoms with Gasteiger partial charge >= 0.3 is 0 Å². The number of halogens is 1. The van der Waals surface area contributed by atoms with Crippen LogP contribution < -0.4 is 19.3 Å². The van der Waals surface area contributed by atoms with Crippen molar-refractivity contribution in [2.45, 2.75) is 11.4 Å². The number of methoxy groups -OCH3 is 2. The molecule has 0 radical (unpaired) electrons. The average Bonchev–Trinajstić information content (AvgIpc) is 2.96. The minimum absolute atomic E-state index is 0.0264. The Morgan fingerprint density at radius 2 is 1.72 bits per heavy atom. The molecule has 198 valence electrons. The van der Waals surface area contributed by atoms with Gasteiger partial charge in [0.2, 0.25) is 0 Å². The molecular weight excluding hydrogens is 584 g/mol. The maximum atomic E-state index is 14.0. The Morgan fingerprint density at radius 1 is 0.923 bits per heavy atom. The summed E-state index contributed by atoms with van der Waals surface area (Å²) in [6.45, 7) is 0.0264. The average molecular weight is 607 g/mol. The van der Waals surface area contributed by atoms with Crippen molar-refractivity contribution in [3.05, 3.63) is 112 Å². The minimum atomic E-state index is -4.08. The Hall–Kier alpha value is -4.22. The molecule has 3 aromatic carbocycles. The molecule has 39 heavy (non-hydrogen) atoms. The summed E-state index contributed by atoms with van der Waals surface area (Å²) in [6.07, 6.45) is 1.48. The second-order valence-electron chi connectivity index (χ2n) is 8.49. The highest BCUT2D eigenvalue weighted by atomic mass is 79.9. The molecule has 9 nitrogen and oxygen atoms in total. The number of benzene rings is 3. The SMILES string of the molecule is COc1ccc(CN(c2cccnn2)S(=O)(=O)c2ccc3c(ccc(=O)n3-c3ccc(Br)cc3OC)c2)cc1. The Bertz CT molecular complexity index is 1810. The molecule has 0 atom stereocenters. The maximum Gasteiger partial charge on any atom is 0.265 e. The topological polar surface area (TPSA) is 104 Å². The zero-order valence-electron chi connectivity index (χ0n) is 21.0. The quantitative estimate of drug-likeness (QED) is 0.246. The van der Waals surface area contributed by atoms with Gasteiger partial charge in [0.05, 0.1) is 36.9 Å². The van der Waals surface area contributed by atoms with E-state index in [9.17, 15) is 13.2 Å². The molecule has 5 rings (SSSR count). The number of rotatable bonds is 8. The molecule has 0 aliphatic carbocycles. The fourth-order valence-electron chi connectivity index (χ4n) is 4.21. The van der Waals surface area contributed by atoms with Crippen LogP contribution in [-0.2, 0) is 16.6 Å². The fourth-order valence-corrected chi connectivity index (χ4v) is 5.98. The number of anilines is 1. The third-order valence-corrected chi connectivity index (χ3v) is 8.37. The molecule has 2 heterocycles. The molecule has 0 aliphatic heterocycles. The summed E-state index contributed by atoms with van der Waals surface area (Å²) in [5, 5.41) is 8.50. The molecule has 2 aromatic heterocycles. The number of sulfonamides is 1. The highest BCUT2D eigenvalue weighted by Gasteiger charge is 2.27. The van der Waals surface area contributed by atoms with Gasteiger partial charge in [-0.3, -0.25) is 9.36 Å². The summed E-state index contributed by atoms with van der Waals surface area (Å²) in [7, 11) is -0.994. The molecule has 0 aliphatic rings. The maximum absolute atomic E-state index is 14.0. The highest BCUT2D eigenvalue weighted by Crippen LogP contribution is 2.30. The molecule has 0 N–H and O–H groups in total. The van der Waals surface area contributed by atoms with Crippen molar-refractivity contribution in [1.82, 2.24) is 14.8 Å². The summed E-state index contributed by atoms with van der Waals surface area (Å²) < 4.78 is 42.2. The van der Waals surface area contributed by atoms with Gasteiger partial charge in [-0.15, -0.1) is 5.10 Å². The summed E-state index contributed by atoms with van der Waals surface area (Å²) in [5.41, 5.74) is 1.53. The third-order valence-electron chi connectivity index (χ3n) is 6.14. The van der Waals surface area contributed by atoms with Gasteiger partial charge in [-0.25, -0.2) is 12.7 Å². The lowest BCUT2D eigenvalue weighted by Crippen LogP contribution is -2.31.